The number of carbonyl (C=O) groups excluding carboxylic acids is 3. The lowest BCUT2D eigenvalue weighted by Crippen LogP contribution is -2.48. The van der Waals surface area contributed by atoms with Gasteiger partial charge in [0.15, 0.2) is 0 Å². The van der Waals surface area contributed by atoms with E-state index in [0.717, 1.165) is 19.3 Å². The van der Waals surface area contributed by atoms with Crippen LogP contribution in [0.2, 0.25) is 0 Å². The first-order valence-electron chi connectivity index (χ1n) is 10.4. The molecule has 5 N–H and O–H groups in total. The molecule has 0 fully saturated rings. The Kier molecular flexibility index (Phi) is 15.7. The van der Waals surface area contributed by atoms with Crippen LogP contribution in [0.1, 0.15) is 90.4 Å². The van der Waals surface area contributed by atoms with E-state index < -0.39 is 23.8 Å². The zero-order valence-electron chi connectivity index (χ0n) is 17.1. The third-order valence-electron chi connectivity index (χ3n) is 4.43. The molecule has 0 aromatic rings. The second-order valence-electron chi connectivity index (χ2n) is 7.16. The highest BCUT2D eigenvalue weighted by molar-refractivity contribution is 5.91. The van der Waals surface area contributed by atoms with Gasteiger partial charge in [0.05, 0.1) is 6.42 Å². The molecule has 0 radical (unpaired) electrons. The van der Waals surface area contributed by atoms with Crippen molar-refractivity contribution in [2.24, 2.45) is 5.73 Å². The van der Waals surface area contributed by atoms with Crippen molar-refractivity contribution in [3.63, 3.8) is 0 Å². The number of nitrogens with one attached hydrogen (secondary N) is 2. The van der Waals surface area contributed by atoms with Gasteiger partial charge in [-0.15, -0.1) is 0 Å². The molecule has 0 saturated heterocycles. The summed E-state index contributed by atoms with van der Waals surface area (Å²) in [5, 5.41) is 13.7. The van der Waals surface area contributed by atoms with E-state index in [-0.39, 0.29) is 31.7 Å². The number of primary amides is 1. The van der Waals surface area contributed by atoms with Gasteiger partial charge in [-0.05, 0) is 12.8 Å². The molecule has 0 aromatic carbocycles. The highest BCUT2D eigenvalue weighted by Crippen LogP contribution is 2.10. The van der Waals surface area contributed by atoms with Crippen molar-refractivity contribution < 1.29 is 24.3 Å². The zero-order chi connectivity index (χ0) is 21.2. The van der Waals surface area contributed by atoms with E-state index in [1.165, 1.54) is 38.5 Å². The molecule has 0 heterocycles. The molecule has 0 aliphatic heterocycles. The lowest BCUT2D eigenvalue weighted by Gasteiger charge is -2.17. The van der Waals surface area contributed by atoms with Crippen molar-refractivity contribution in [1.29, 1.82) is 0 Å². The number of hydrogen-bond donors (Lipinski definition) is 4. The Bertz CT molecular complexity index is 482. The van der Waals surface area contributed by atoms with Crippen LogP contribution in [0, 0.1) is 0 Å². The molecule has 8 nitrogen and oxygen atoms in total. The predicted octanol–water partition coefficient (Wildman–Crippen LogP) is 2.25. The molecule has 1 atom stereocenters. The van der Waals surface area contributed by atoms with E-state index in [1.807, 2.05) is 0 Å². The molecule has 162 valence electrons. The maximum absolute atomic E-state index is 12.1. The average molecular weight is 400 g/mol. The van der Waals surface area contributed by atoms with Gasteiger partial charge in [-0.1, -0.05) is 58.3 Å². The van der Waals surface area contributed by atoms with Gasteiger partial charge >= 0.3 is 5.97 Å². The molecule has 8 heteroatoms. The van der Waals surface area contributed by atoms with Gasteiger partial charge in [-0.25, -0.2) is 0 Å². The number of amides is 3. The summed E-state index contributed by atoms with van der Waals surface area (Å²) in [5.41, 5.74) is 5.15. The smallest absolute Gasteiger partial charge is 0.303 e. The summed E-state index contributed by atoms with van der Waals surface area (Å²) in [5.74, 6) is -2.44. The van der Waals surface area contributed by atoms with E-state index in [4.69, 9.17) is 10.8 Å². The highest BCUT2D eigenvalue weighted by Gasteiger charge is 2.22. The highest BCUT2D eigenvalue weighted by atomic mass is 16.4. The van der Waals surface area contributed by atoms with Crippen LogP contribution in [0.5, 0.6) is 0 Å². The van der Waals surface area contributed by atoms with Gasteiger partial charge in [-0.2, -0.15) is 0 Å². The van der Waals surface area contributed by atoms with Gasteiger partial charge in [0.2, 0.25) is 17.7 Å². The Morgan fingerprint density at radius 1 is 0.857 bits per heavy atom. The van der Waals surface area contributed by atoms with Gasteiger partial charge in [0.25, 0.3) is 0 Å². The fraction of sp³-hybridized carbons (Fsp3) is 0.800. The molecular weight excluding hydrogens is 362 g/mol. The summed E-state index contributed by atoms with van der Waals surface area (Å²) >= 11 is 0. The Labute approximate surface area is 168 Å². The Balaban J connectivity index is 4.03. The number of nitrogens with two attached hydrogens (primary N) is 1. The van der Waals surface area contributed by atoms with Crippen LogP contribution in [0.25, 0.3) is 0 Å². The van der Waals surface area contributed by atoms with Crippen molar-refractivity contribution in [2.75, 3.05) is 6.54 Å². The van der Waals surface area contributed by atoms with Crippen molar-refractivity contribution in [1.82, 2.24) is 10.6 Å². The summed E-state index contributed by atoms with van der Waals surface area (Å²) in [6, 6.07) is -1.02. The first kappa shape index (κ1) is 25.9. The number of aliphatic carboxylic acids is 1. The molecule has 0 saturated carbocycles. The molecule has 1 unspecified atom stereocenters. The monoisotopic (exact) mass is 399 g/mol. The number of carboxylic acid groups (broad SMARTS) is 1. The van der Waals surface area contributed by atoms with E-state index in [9.17, 15) is 19.2 Å². The van der Waals surface area contributed by atoms with E-state index in [1.54, 1.807) is 0 Å². The normalized spacial score (nSPS) is 11.6. The number of hydrogen-bond acceptors (Lipinski definition) is 4. The van der Waals surface area contributed by atoms with Gasteiger partial charge in [0, 0.05) is 19.4 Å². The Morgan fingerprint density at radius 3 is 1.96 bits per heavy atom. The molecular formula is C20H37N3O5. The first-order chi connectivity index (χ1) is 13.4. The summed E-state index contributed by atoms with van der Waals surface area (Å²) in [4.78, 5) is 45.8. The molecule has 3 amide bonds. The number of carbonyl (C=O) groups is 4. The number of rotatable bonds is 18. The lowest BCUT2D eigenvalue weighted by molar-refractivity contribution is -0.137. The maximum atomic E-state index is 12.1. The topological polar surface area (TPSA) is 139 Å². The van der Waals surface area contributed by atoms with Crippen molar-refractivity contribution in [3.05, 3.63) is 0 Å². The summed E-state index contributed by atoms with van der Waals surface area (Å²) in [6.45, 7) is 2.36. The van der Waals surface area contributed by atoms with Gasteiger partial charge < -0.3 is 21.5 Å². The minimum absolute atomic E-state index is 0.0638. The first-order valence-corrected chi connectivity index (χ1v) is 10.4. The minimum Gasteiger partial charge on any atom is -0.481 e. The van der Waals surface area contributed by atoms with E-state index in [0.29, 0.717) is 6.42 Å². The quantitative estimate of drug-likeness (QED) is 0.262. The zero-order valence-corrected chi connectivity index (χ0v) is 17.1. The predicted molar refractivity (Wildman–Crippen MR) is 107 cm³/mol. The summed E-state index contributed by atoms with van der Waals surface area (Å²) < 4.78 is 0. The van der Waals surface area contributed by atoms with Gasteiger partial charge in [0.1, 0.15) is 6.04 Å². The van der Waals surface area contributed by atoms with Crippen LogP contribution in [0.15, 0.2) is 0 Å². The molecule has 28 heavy (non-hydrogen) atoms. The van der Waals surface area contributed by atoms with Crippen LogP contribution in [-0.4, -0.2) is 41.4 Å². The third-order valence-corrected chi connectivity index (χ3v) is 4.43. The van der Waals surface area contributed by atoms with Crippen molar-refractivity contribution >= 4 is 23.7 Å². The molecule has 0 aliphatic carbocycles. The van der Waals surface area contributed by atoms with Crippen molar-refractivity contribution in [3.8, 4) is 0 Å². The second-order valence-corrected chi connectivity index (χ2v) is 7.16. The van der Waals surface area contributed by atoms with Crippen LogP contribution >= 0.6 is 0 Å². The second kappa shape index (κ2) is 17.0. The SMILES string of the molecule is CCCCCCCCCCCC(=O)NC(CC(N)=O)C(=O)NCCCC(=O)O. The molecule has 0 aromatic heterocycles. The largest absolute Gasteiger partial charge is 0.481 e. The fourth-order valence-corrected chi connectivity index (χ4v) is 2.85. The average Bonchev–Trinajstić information content (AvgIpc) is 2.62. The summed E-state index contributed by atoms with van der Waals surface area (Å²) in [6.07, 6.45) is 10.5. The summed E-state index contributed by atoms with van der Waals surface area (Å²) in [7, 11) is 0. The van der Waals surface area contributed by atoms with Crippen molar-refractivity contribution in [2.45, 2.75) is 96.4 Å². The van der Waals surface area contributed by atoms with Gasteiger partial charge in [-0.3, -0.25) is 19.2 Å². The van der Waals surface area contributed by atoms with Crippen LogP contribution < -0.4 is 16.4 Å². The lowest BCUT2D eigenvalue weighted by atomic mass is 10.1. The molecule has 0 spiro atoms. The fourth-order valence-electron chi connectivity index (χ4n) is 2.85. The van der Waals surface area contributed by atoms with Crippen LogP contribution in [0.3, 0.4) is 0 Å². The molecule has 0 bridgehead atoms. The third kappa shape index (κ3) is 16.1. The standard InChI is InChI=1S/C20H37N3O5/c1-2-3-4-5-6-7-8-9-10-12-18(25)23-16(15-17(21)24)20(28)22-14-11-13-19(26)27/h16H,2-15H2,1H3,(H2,21,24)(H,22,28)(H,23,25)(H,26,27). The number of carboxylic acids is 1. The Morgan fingerprint density at radius 2 is 1.43 bits per heavy atom. The molecule has 0 rings (SSSR count). The minimum atomic E-state index is -1.02. The number of unbranched alkanes of at least 4 members (excludes halogenated alkanes) is 8. The van der Waals surface area contributed by atoms with Crippen LogP contribution in [-0.2, 0) is 19.2 Å². The van der Waals surface area contributed by atoms with E-state index in [2.05, 4.69) is 17.6 Å². The molecule has 0 aliphatic rings. The van der Waals surface area contributed by atoms with E-state index >= 15 is 0 Å². The Hall–Kier alpha value is -2.12. The maximum Gasteiger partial charge on any atom is 0.303 e. The van der Waals surface area contributed by atoms with Crippen LogP contribution in [0.4, 0.5) is 0 Å².